The maximum absolute atomic E-state index is 6.74. The van der Waals surface area contributed by atoms with Crippen molar-refractivity contribution in [3.05, 3.63) is 82.4 Å². The number of ether oxygens (including phenoxy) is 4. The standard InChI is InChI=1S/C29H24Cl3NO4/c30-29(31,32)28-25-19(9-10-22-27(25)37-16-34-22)20(8-4-7-17-5-2-1-3-6-17)26-21-14-24-23(35-15-36-24)13-18(21)11-12-33(26)28/h1-3,5-6,9-10,13-14,28H,4,7-8,11-12,15-16H2. The predicted molar refractivity (Wildman–Crippen MR) is 145 cm³/mol. The monoisotopic (exact) mass is 555 g/mol. The van der Waals surface area contributed by atoms with Crippen LogP contribution >= 0.6 is 34.8 Å². The van der Waals surface area contributed by atoms with Crippen molar-refractivity contribution in [1.82, 2.24) is 4.90 Å². The number of alkyl halides is 3. The van der Waals surface area contributed by atoms with Crippen molar-refractivity contribution in [2.45, 2.75) is 35.5 Å². The first-order valence-corrected chi connectivity index (χ1v) is 13.6. The summed E-state index contributed by atoms with van der Waals surface area (Å²) in [7, 11) is 0. The minimum Gasteiger partial charge on any atom is -0.454 e. The normalized spacial score (nSPS) is 19.0. The van der Waals surface area contributed by atoms with Crippen LogP contribution in [0.3, 0.4) is 0 Å². The van der Waals surface area contributed by atoms with E-state index >= 15 is 0 Å². The molecule has 0 aromatic heterocycles. The molecule has 5 nitrogen and oxygen atoms in total. The third-order valence-corrected chi connectivity index (χ3v) is 8.20. The van der Waals surface area contributed by atoms with Crippen LogP contribution in [0.25, 0.3) is 11.3 Å². The highest BCUT2D eigenvalue weighted by Gasteiger charge is 2.48. The number of allylic oxidation sites excluding steroid dienone is 1. The van der Waals surface area contributed by atoms with E-state index in [4.69, 9.17) is 53.8 Å². The zero-order chi connectivity index (χ0) is 25.1. The van der Waals surface area contributed by atoms with Crippen LogP contribution in [0.2, 0.25) is 0 Å². The molecule has 0 aliphatic carbocycles. The lowest BCUT2D eigenvalue weighted by atomic mass is 9.80. The summed E-state index contributed by atoms with van der Waals surface area (Å²) < 4.78 is 21.5. The van der Waals surface area contributed by atoms with Gasteiger partial charge in [-0.25, -0.2) is 0 Å². The summed E-state index contributed by atoms with van der Waals surface area (Å²) >= 11 is 20.2. The Morgan fingerprint density at radius 1 is 0.811 bits per heavy atom. The fraction of sp³-hybridized carbons (Fsp3) is 0.310. The van der Waals surface area contributed by atoms with E-state index in [0.29, 0.717) is 18.0 Å². The van der Waals surface area contributed by atoms with E-state index in [9.17, 15) is 0 Å². The van der Waals surface area contributed by atoms with Crippen molar-refractivity contribution in [3.63, 3.8) is 0 Å². The molecule has 4 aliphatic rings. The summed E-state index contributed by atoms with van der Waals surface area (Å²) in [5, 5.41) is 0. The molecule has 0 fully saturated rings. The van der Waals surface area contributed by atoms with Crippen molar-refractivity contribution in [2.75, 3.05) is 20.1 Å². The molecular weight excluding hydrogens is 533 g/mol. The topological polar surface area (TPSA) is 40.2 Å². The van der Waals surface area contributed by atoms with Gasteiger partial charge in [0.05, 0.1) is 0 Å². The van der Waals surface area contributed by atoms with Crippen molar-refractivity contribution >= 4 is 46.1 Å². The molecule has 0 bridgehead atoms. The number of aryl methyl sites for hydroxylation is 1. The van der Waals surface area contributed by atoms with Gasteiger partial charge in [-0.15, -0.1) is 0 Å². The molecule has 3 aromatic rings. The molecule has 7 rings (SSSR count). The van der Waals surface area contributed by atoms with Gasteiger partial charge in [-0.05, 0) is 66.1 Å². The quantitative estimate of drug-likeness (QED) is 0.315. The minimum absolute atomic E-state index is 0.157. The molecule has 0 saturated heterocycles. The Morgan fingerprint density at radius 2 is 1.57 bits per heavy atom. The van der Waals surface area contributed by atoms with Crippen LogP contribution in [0.4, 0.5) is 0 Å². The Labute approximate surface area is 230 Å². The molecule has 190 valence electrons. The van der Waals surface area contributed by atoms with Crippen LogP contribution in [0.1, 0.15) is 46.7 Å². The highest BCUT2D eigenvalue weighted by molar-refractivity contribution is 6.68. The summed E-state index contributed by atoms with van der Waals surface area (Å²) in [5.74, 6) is 2.89. The Hall–Kier alpha value is -2.73. The van der Waals surface area contributed by atoms with Gasteiger partial charge in [-0.1, -0.05) is 71.2 Å². The third kappa shape index (κ3) is 3.91. The smallest absolute Gasteiger partial charge is 0.231 e. The molecule has 0 amide bonds. The van der Waals surface area contributed by atoms with Crippen LogP contribution in [-0.2, 0) is 12.8 Å². The molecule has 4 heterocycles. The first kappa shape index (κ1) is 23.4. The van der Waals surface area contributed by atoms with Crippen molar-refractivity contribution in [2.24, 2.45) is 0 Å². The Balaban J connectivity index is 1.42. The van der Waals surface area contributed by atoms with E-state index in [1.807, 2.05) is 12.1 Å². The van der Waals surface area contributed by atoms with Gasteiger partial charge < -0.3 is 23.8 Å². The number of nitrogens with zero attached hydrogens (tertiary/aromatic N) is 1. The van der Waals surface area contributed by atoms with Gasteiger partial charge in [0.1, 0.15) is 6.04 Å². The van der Waals surface area contributed by atoms with E-state index in [2.05, 4.69) is 47.4 Å². The van der Waals surface area contributed by atoms with Crippen LogP contribution in [0.5, 0.6) is 23.0 Å². The second-order valence-corrected chi connectivity index (χ2v) is 12.0. The third-order valence-electron chi connectivity index (χ3n) is 7.58. The lowest BCUT2D eigenvalue weighted by molar-refractivity contribution is 0.171. The van der Waals surface area contributed by atoms with Crippen LogP contribution in [0, 0.1) is 0 Å². The average molecular weight is 557 g/mol. The first-order valence-electron chi connectivity index (χ1n) is 12.5. The van der Waals surface area contributed by atoms with Gasteiger partial charge in [0.2, 0.25) is 17.4 Å². The molecular formula is C29H24Cl3NO4. The van der Waals surface area contributed by atoms with Gasteiger partial charge in [0.25, 0.3) is 0 Å². The van der Waals surface area contributed by atoms with E-state index in [-0.39, 0.29) is 13.6 Å². The van der Waals surface area contributed by atoms with Crippen LogP contribution in [0.15, 0.2) is 54.6 Å². The summed E-state index contributed by atoms with van der Waals surface area (Å²) in [4.78, 5) is 2.25. The number of hydrogen-bond donors (Lipinski definition) is 0. The molecule has 1 atom stereocenters. The maximum Gasteiger partial charge on any atom is 0.231 e. The number of hydrogen-bond acceptors (Lipinski definition) is 5. The van der Waals surface area contributed by atoms with Crippen molar-refractivity contribution < 1.29 is 18.9 Å². The number of benzene rings is 3. The van der Waals surface area contributed by atoms with Gasteiger partial charge in [-0.2, -0.15) is 0 Å². The molecule has 8 heteroatoms. The molecule has 37 heavy (non-hydrogen) atoms. The van der Waals surface area contributed by atoms with E-state index < -0.39 is 9.83 Å². The fourth-order valence-corrected chi connectivity index (χ4v) is 6.71. The van der Waals surface area contributed by atoms with Crippen LogP contribution < -0.4 is 18.9 Å². The van der Waals surface area contributed by atoms with E-state index in [1.54, 1.807) is 0 Å². The number of fused-ring (bicyclic) bond motifs is 7. The van der Waals surface area contributed by atoms with E-state index in [1.165, 1.54) is 16.7 Å². The molecule has 0 saturated carbocycles. The second kappa shape index (κ2) is 8.93. The highest BCUT2D eigenvalue weighted by Crippen LogP contribution is 2.59. The summed E-state index contributed by atoms with van der Waals surface area (Å²) in [6.07, 6.45) is 3.60. The average Bonchev–Trinajstić information content (AvgIpc) is 3.56. The SMILES string of the molecule is ClC(Cl)(Cl)C1c2c(ccc3c2OCO3)C(CCCc2ccccc2)=C2c3cc4c(cc3CCN21)OCO4. The zero-order valence-electron chi connectivity index (χ0n) is 19.9. The largest absolute Gasteiger partial charge is 0.454 e. The van der Waals surface area contributed by atoms with Gasteiger partial charge in [0, 0.05) is 23.4 Å². The first-order chi connectivity index (χ1) is 18.0. The molecule has 4 aliphatic heterocycles. The maximum atomic E-state index is 6.74. The predicted octanol–water partition coefficient (Wildman–Crippen LogP) is 7.32. The Kier molecular flexibility index (Phi) is 5.65. The fourth-order valence-electron chi connectivity index (χ4n) is 6.03. The summed E-state index contributed by atoms with van der Waals surface area (Å²) in [5.41, 5.74) is 7.88. The van der Waals surface area contributed by atoms with Gasteiger partial charge >= 0.3 is 0 Å². The van der Waals surface area contributed by atoms with Crippen molar-refractivity contribution in [3.8, 4) is 23.0 Å². The number of halogens is 3. The molecule has 0 N–H and O–H groups in total. The molecule has 1 unspecified atom stereocenters. The van der Waals surface area contributed by atoms with Crippen LogP contribution in [-0.4, -0.2) is 28.8 Å². The van der Waals surface area contributed by atoms with Gasteiger partial charge in [-0.3, -0.25) is 0 Å². The second-order valence-electron chi connectivity index (χ2n) is 9.68. The lowest BCUT2D eigenvalue weighted by Crippen LogP contribution is -2.42. The lowest BCUT2D eigenvalue weighted by Gasteiger charge is -2.47. The van der Waals surface area contributed by atoms with Crippen molar-refractivity contribution in [1.29, 1.82) is 0 Å². The Bertz CT molecular complexity index is 1420. The Morgan fingerprint density at radius 3 is 2.38 bits per heavy atom. The molecule has 0 radical (unpaired) electrons. The summed E-state index contributed by atoms with van der Waals surface area (Å²) in [6, 6.07) is 18.3. The summed E-state index contributed by atoms with van der Waals surface area (Å²) in [6.45, 7) is 1.09. The van der Waals surface area contributed by atoms with E-state index in [0.717, 1.165) is 59.6 Å². The zero-order valence-corrected chi connectivity index (χ0v) is 22.2. The molecule has 3 aromatic carbocycles. The number of rotatable bonds is 4. The van der Waals surface area contributed by atoms with Gasteiger partial charge in [0.15, 0.2) is 23.0 Å². The minimum atomic E-state index is -1.59. The highest BCUT2D eigenvalue weighted by atomic mass is 35.6. The molecule has 0 spiro atoms.